The molecular formula is C76H123N3O22. The quantitative estimate of drug-likeness (QED) is 0.0322. The third-order valence-electron chi connectivity index (χ3n) is 19.2. The lowest BCUT2D eigenvalue weighted by molar-refractivity contribution is -0.191. The largest absolute Gasteiger partial charge is 0.479 e. The number of nitrogens with one attached hydrogen (secondary N) is 3. The zero-order valence-electron chi connectivity index (χ0n) is 62.2. The SMILES string of the molecule is COC1C=CC=CC=CC=CC=CC(=O)NC(C(O)C(=O)O)C(=O)OC(C(NC(=O)CC(O)CCC(C)C(O)/C(C)=C/C(C)[C@@H](O)[C@H](NC(=O)/C=C/C(C)(C)C(=O)[C@@H](C)[C@@H](O)C(C)C)C(O)C(C)C)C(C)O)CC(O)CC=C[C@@H](O)[C@@H](C)C=C(C)[C@H](O)[C@@H](C)[C@H](O)C[C@@H]2C[C@H](C)[C@H](OC)[C@@H]1O2. The number of fused-ring (bicyclic) bond motifs is 2. The van der Waals surface area contributed by atoms with Gasteiger partial charge in [0.05, 0.1) is 91.8 Å². The molecule has 574 valence electrons. The number of methoxy groups -OCH3 is 2. The van der Waals surface area contributed by atoms with Crippen LogP contribution in [0.15, 0.2) is 108 Å². The second-order valence-electron chi connectivity index (χ2n) is 29.1. The predicted molar refractivity (Wildman–Crippen MR) is 383 cm³/mol. The van der Waals surface area contributed by atoms with Gasteiger partial charge >= 0.3 is 11.9 Å². The molecule has 15 N–H and O–H groups in total. The highest BCUT2D eigenvalue weighted by atomic mass is 16.6. The number of aliphatic hydroxyl groups excluding tert-OH is 11. The zero-order valence-corrected chi connectivity index (χ0v) is 62.2. The van der Waals surface area contributed by atoms with Crippen molar-refractivity contribution in [2.75, 3.05) is 14.2 Å². The number of aliphatic carboxylic acids is 1. The highest BCUT2D eigenvalue weighted by molar-refractivity contribution is 5.94. The molecule has 2 aliphatic heterocycles. The van der Waals surface area contributed by atoms with Crippen molar-refractivity contribution in [1.82, 2.24) is 16.0 Å². The summed E-state index contributed by atoms with van der Waals surface area (Å²) < 4.78 is 24.0. The Morgan fingerprint density at radius 2 is 1.36 bits per heavy atom. The van der Waals surface area contributed by atoms with Gasteiger partial charge in [-0.05, 0) is 108 Å². The molecule has 25 atom stereocenters. The number of hydrogen-bond acceptors (Lipinski definition) is 21. The van der Waals surface area contributed by atoms with Gasteiger partial charge in [-0.15, -0.1) is 0 Å². The van der Waals surface area contributed by atoms with E-state index in [4.69, 9.17) is 18.9 Å². The van der Waals surface area contributed by atoms with Crippen LogP contribution in [-0.2, 0) is 47.7 Å². The van der Waals surface area contributed by atoms with Crippen molar-refractivity contribution in [3.63, 3.8) is 0 Å². The minimum absolute atomic E-state index is 0.0173. The van der Waals surface area contributed by atoms with Crippen molar-refractivity contribution in [2.45, 2.75) is 265 Å². The molecule has 2 rings (SSSR count). The molecule has 2 heterocycles. The maximum Gasteiger partial charge on any atom is 0.335 e. The fraction of sp³-hybridized carbons (Fsp3) is 0.684. The fourth-order valence-corrected chi connectivity index (χ4v) is 12.5. The van der Waals surface area contributed by atoms with Crippen LogP contribution in [0.2, 0.25) is 0 Å². The molecule has 25 nitrogen and oxygen atoms in total. The number of hydrogen-bond donors (Lipinski definition) is 15. The molecule has 0 aromatic rings. The Labute approximate surface area is 597 Å². The Kier molecular flexibility index (Phi) is 40.4. The van der Waals surface area contributed by atoms with Crippen LogP contribution in [0.25, 0.3) is 0 Å². The van der Waals surface area contributed by atoms with Crippen molar-refractivity contribution in [3.8, 4) is 0 Å². The number of carboxylic acids is 1. The Hall–Kier alpha value is -5.88. The maximum atomic E-state index is 14.1. The first kappa shape index (κ1) is 91.2. The van der Waals surface area contributed by atoms with Crippen LogP contribution in [0.1, 0.15) is 149 Å². The topological polar surface area (TPSA) is 418 Å². The molecule has 2 bridgehead atoms. The van der Waals surface area contributed by atoms with E-state index in [1.807, 2.05) is 13.0 Å². The molecule has 12 unspecified atom stereocenters. The zero-order chi connectivity index (χ0) is 76.9. The van der Waals surface area contributed by atoms with Crippen LogP contribution in [0.5, 0.6) is 0 Å². The van der Waals surface area contributed by atoms with Crippen LogP contribution in [-0.4, -0.2) is 227 Å². The first-order valence-electron chi connectivity index (χ1n) is 35.3. The minimum atomic E-state index is -2.60. The molecule has 0 spiro atoms. The van der Waals surface area contributed by atoms with Gasteiger partial charge in [0, 0.05) is 55.8 Å². The van der Waals surface area contributed by atoms with E-state index in [0.29, 0.717) is 17.6 Å². The number of esters is 1. The molecule has 25 heteroatoms. The number of Topliss-reactive ketones (excluding diaryl/α,β-unsaturated/α-hetero) is 1. The van der Waals surface area contributed by atoms with E-state index in [1.54, 1.807) is 153 Å². The number of rotatable bonds is 26. The summed E-state index contributed by atoms with van der Waals surface area (Å²) in [6.45, 7) is 25.1. The molecule has 101 heavy (non-hydrogen) atoms. The average molecular weight is 1430 g/mol. The van der Waals surface area contributed by atoms with Crippen molar-refractivity contribution >= 4 is 35.4 Å². The number of carboxylic acid groups (broad SMARTS) is 1. The van der Waals surface area contributed by atoms with E-state index in [9.17, 15) is 90.0 Å². The highest BCUT2D eigenvalue weighted by Gasteiger charge is 2.44. The number of carbonyl (C=O) groups is 6. The number of ether oxygens (including phenoxy) is 4. The summed E-state index contributed by atoms with van der Waals surface area (Å²) in [5.74, 6) is -10.3. The van der Waals surface area contributed by atoms with Gasteiger partial charge < -0.3 is 96.2 Å². The normalized spacial score (nSPS) is 29.2. The highest BCUT2D eigenvalue weighted by Crippen LogP contribution is 2.35. The number of allylic oxidation sites excluding steroid dienone is 9. The third kappa shape index (κ3) is 30.4. The summed E-state index contributed by atoms with van der Waals surface area (Å²) in [6, 6.07) is -5.09. The monoisotopic (exact) mass is 1430 g/mol. The van der Waals surface area contributed by atoms with E-state index in [-0.39, 0.29) is 49.4 Å². The smallest absolute Gasteiger partial charge is 0.335 e. The molecule has 2 aliphatic rings. The number of cyclic esters (lactones) is 1. The average Bonchev–Trinajstić information content (AvgIpc) is 0.819. The summed E-state index contributed by atoms with van der Waals surface area (Å²) in [5.41, 5.74) is -0.272. The molecule has 0 aliphatic carbocycles. The Morgan fingerprint density at radius 1 is 0.762 bits per heavy atom. The Bertz CT molecular complexity index is 2860. The van der Waals surface area contributed by atoms with E-state index in [2.05, 4.69) is 16.0 Å². The molecule has 3 amide bonds. The maximum absolute atomic E-state index is 14.1. The number of amides is 3. The van der Waals surface area contributed by atoms with Crippen molar-refractivity contribution in [3.05, 3.63) is 108 Å². The number of carbonyl (C=O) groups excluding carboxylic acids is 5. The van der Waals surface area contributed by atoms with E-state index < -0.39 is 193 Å². The lowest BCUT2D eigenvalue weighted by Gasteiger charge is -2.43. The van der Waals surface area contributed by atoms with Crippen LogP contribution >= 0.6 is 0 Å². The first-order chi connectivity index (χ1) is 47.1. The molecule has 0 aromatic heterocycles. The summed E-state index contributed by atoms with van der Waals surface area (Å²) in [6.07, 6.45) is 5.05. The van der Waals surface area contributed by atoms with Crippen LogP contribution in [0.4, 0.5) is 0 Å². The standard InChI is InChI=1S/C76H123N3O22/c1-41(2)65(88)50(12)73(94)76(14,15)34-33-60(86)77-63(66(89)42(3)4)69(92)47(9)36-45(7)67(90)43(5)31-32-53(82)39-61(87)79-62(51(13)80)58-38-52(81)27-26-28-55(83)44(6)35-46(8)68(91)49(11)56(84)40-54-37-48(10)71(99-17)72(100-54)57(98-16)29-24-22-20-18-19-21-23-25-30-59(85)78-64(75(97)101-58)70(93)74(95)96/h18-26,28-30,33-36,41-44,47-58,62-72,80-84,88-93H,27,31-32,37-40H2,1-17H3,(H,77,86)(H,78,85)(H,79,87)(H,95,96)/b19-18?,22-20?,23-21?,28-26?,29-24?,30-25?,34-33+,45-36+,46-35?/t43?,44-,47?,48-,49-,50-,51?,52?,53?,54-,55+,56+,57?,58?,62?,63+,64?,65-,66?,67?,68-,69+,70?,71-,72+/m0/s1. The van der Waals surface area contributed by atoms with Gasteiger partial charge in [-0.3, -0.25) is 19.2 Å². The minimum Gasteiger partial charge on any atom is -0.479 e. The van der Waals surface area contributed by atoms with Gasteiger partial charge in [-0.2, -0.15) is 0 Å². The summed E-state index contributed by atoms with van der Waals surface area (Å²) >= 11 is 0. The second-order valence-corrected chi connectivity index (χ2v) is 29.1. The first-order valence-corrected chi connectivity index (χ1v) is 35.3. The van der Waals surface area contributed by atoms with Gasteiger partial charge in [-0.25, -0.2) is 9.59 Å². The number of ketones is 1. The predicted octanol–water partition coefficient (Wildman–Crippen LogP) is 4.48. The molecule has 1 fully saturated rings. The van der Waals surface area contributed by atoms with E-state index in [0.717, 1.165) is 12.2 Å². The molecule has 0 radical (unpaired) electrons. The van der Waals surface area contributed by atoms with Crippen molar-refractivity contribution in [1.29, 1.82) is 0 Å². The van der Waals surface area contributed by atoms with Gasteiger partial charge in [0.25, 0.3) is 0 Å². The van der Waals surface area contributed by atoms with E-state index >= 15 is 0 Å². The van der Waals surface area contributed by atoms with Crippen LogP contribution in [0.3, 0.4) is 0 Å². The van der Waals surface area contributed by atoms with Gasteiger partial charge in [0.15, 0.2) is 12.1 Å². The molecule has 0 saturated carbocycles. The molecular weight excluding hydrogens is 1310 g/mol. The number of aliphatic hydroxyl groups is 11. The van der Waals surface area contributed by atoms with Gasteiger partial charge in [-0.1, -0.05) is 154 Å². The fourth-order valence-electron chi connectivity index (χ4n) is 12.5. The van der Waals surface area contributed by atoms with Crippen molar-refractivity contribution in [2.24, 2.45) is 52.8 Å². The summed E-state index contributed by atoms with van der Waals surface area (Å²) in [5, 5.41) is 141. The molecule has 0 aromatic carbocycles. The molecule has 1 saturated heterocycles. The summed E-state index contributed by atoms with van der Waals surface area (Å²) in [7, 11) is 3.15. The Balaban J connectivity index is 2.45. The van der Waals surface area contributed by atoms with Crippen LogP contribution in [0, 0.1) is 52.8 Å². The summed E-state index contributed by atoms with van der Waals surface area (Å²) in [4.78, 5) is 79.9. The van der Waals surface area contributed by atoms with Gasteiger partial charge in [0.1, 0.15) is 24.1 Å². The van der Waals surface area contributed by atoms with Gasteiger partial charge in [0.2, 0.25) is 17.7 Å². The Morgan fingerprint density at radius 3 is 1.92 bits per heavy atom. The van der Waals surface area contributed by atoms with Crippen molar-refractivity contribution < 1.29 is 109 Å². The lowest BCUT2D eigenvalue weighted by atomic mass is 9.77. The second kappa shape index (κ2) is 44.7. The third-order valence-corrected chi connectivity index (χ3v) is 19.2. The van der Waals surface area contributed by atoms with E-state index in [1.165, 1.54) is 37.3 Å². The lowest BCUT2D eigenvalue weighted by Crippen LogP contribution is -2.57. The van der Waals surface area contributed by atoms with Crippen LogP contribution < -0.4 is 16.0 Å².